The molecule has 0 aliphatic carbocycles. The fourth-order valence-electron chi connectivity index (χ4n) is 2.00. The molecule has 0 bridgehead atoms. The highest BCUT2D eigenvalue weighted by Gasteiger charge is 2.10. The number of halogens is 1. The number of rotatable bonds is 6. The van der Waals surface area contributed by atoms with E-state index in [0.717, 1.165) is 4.47 Å². The molecule has 2 aromatic rings. The van der Waals surface area contributed by atoms with Crippen LogP contribution in [0.2, 0.25) is 0 Å². The molecule has 98 valence electrons. The summed E-state index contributed by atoms with van der Waals surface area (Å²) in [5, 5.41) is 1.23. The van der Waals surface area contributed by atoms with Crippen LogP contribution in [0.25, 0.3) is 10.9 Å². The van der Waals surface area contributed by atoms with Gasteiger partial charge in [-0.3, -0.25) is 0 Å². The molecule has 1 aromatic heterocycles. The minimum Gasteiger partial charge on any atom is -0.351 e. The molecule has 4 heteroatoms. The Bertz CT molecular complexity index is 503. The quantitative estimate of drug-likeness (QED) is 0.757. The second-order valence-electron chi connectivity index (χ2n) is 4.01. The summed E-state index contributed by atoms with van der Waals surface area (Å²) in [5.74, 6) is 0. The summed E-state index contributed by atoms with van der Waals surface area (Å²) >= 11 is 3.50. The second-order valence-corrected chi connectivity index (χ2v) is 4.93. The van der Waals surface area contributed by atoms with Crippen LogP contribution in [-0.2, 0) is 16.0 Å². The number of benzene rings is 1. The lowest BCUT2D eigenvalue weighted by molar-refractivity contribution is -0.143. The molecule has 2 rings (SSSR count). The first kappa shape index (κ1) is 13.6. The topological polar surface area (TPSA) is 23.4 Å². The van der Waals surface area contributed by atoms with Crippen LogP contribution < -0.4 is 0 Å². The van der Waals surface area contributed by atoms with Crippen molar-refractivity contribution in [2.75, 3.05) is 13.2 Å². The lowest BCUT2D eigenvalue weighted by atomic mass is 10.2. The molecule has 0 atom stereocenters. The first-order chi connectivity index (χ1) is 8.74. The first-order valence-electron chi connectivity index (χ1n) is 6.22. The van der Waals surface area contributed by atoms with E-state index >= 15 is 0 Å². The van der Waals surface area contributed by atoms with Gasteiger partial charge in [-0.25, -0.2) is 0 Å². The zero-order valence-electron chi connectivity index (χ0n) is 10.7. The third-order valence-corrected chi connectivity index (χ3v) is 3.28. The molecule has 0 aliphatic heterocycles. The van der Waals surface area contributed by atoms with Crippen molar-refractivity contribution in [2.24, 2.45) is 0 Å². The van der Waals surface area contributed by atoms with Gasteiger partial charge in [-0.1, -0.05) is 22.0 Å². The Balaban J connectivity index is 2.21. The molecule has 3 nitrogen and oxygen atoms in total. The average molecular weight is 312 g/mol. The van der Waals surface area contributed by atoms with E-state index < -0.39 is 0 Å². The Kier molecular flexibility index (Phi) is 4.80. The predicted octanol–water partition coefficient (Wildman–Crippen LogP) is 3.80. The van der Waals surface area contributed by atoms with Crippen molar-refractivity contribution in [3.05, 3.63) is 34.9 Å². The maximum atomic E-state index is 5.58. The molecular weight excluding hydrogens is 294 g/mol. The number of hydrogen-bond acceptors (Lipinski definition) is 2. The van der Waals surface area contributed by atoms with Gasteiger partial charge >= 0.3 is 0 Å². The molecule has 1 aromatic carbocycles. The molecule has 0 aliphatic rings. The lowest BCUT2D eigenvalue weighted by Gasteiger charge is -2.18. The van der Waals surface area contributed by atoms with Gasteiger partial charge in [-0.05, 0) is 37.4 Å². The number of nitrogens with zero attached hydrogens (tertiary/aromatic N) is 1. The molecule has 0 unspecified atom stereocenters. The van der Waals surface area contributed by atoms with Crippen LogP contribution in [0.1, 0.15) is 13.8 Å². The van der Waals surface area contributed by atoms with E-state index in [0.29, 0.717) is 19.8 Å². The molecule has 0 fully saturated rings. The van der Waals surface area contributed by atoms with Crippen LogP contribution in [0.15, 0.2) is 34.9 Å². The Hall–Kier alpha value is -0.840. The summed E-state index contributed by atoms with van der Waals surface area (Å²) in [6.45, 7) is 6.00. The Morgan fingerprint density at radius 3 is 2.56 bits per heavy atom. The van der Waals surface area contributed by atoms with E-state index in [1.54, 1.807) is 0 Å². The first-order valence-corrected chi connectivity index (χ1v) is 7.01. The van der Waals surface area contributed by atoms with E-state index in [9.17, 15) is 0 Å². The third kappa shape index (κ3) is 3.13. The monoisotopic (exact) mass is 311 g/mol. The van der Waals surface area contributed by atoms with Crippen LogP contribution in [0.3, 0.4) is 0 Å². The van der Waals surface area contributed by atoms with Crippen molar-refractivity contribution < 1.29 is 9.47 Å². The van der Waals surface area contributed by atoms with Gasteiger partial charge in [0.15, 0.2) is 6.29 Å². The van der Waals surface area contributed by atoms with Gasteiger partial charge in [0.05, 0.1) is 6.54 Å². The summed E-state index contributed by atoms with van der Waals surface area (Å²) in [5.41, 5.74) is 1.19. The SMILES string of the molecule is CCOC(Cn1ccc2ccc(Br)cc21)OCC. The molecule has 0 amide bonds. The fourth-order valence-corrected chi connectivity index (χ4v) is 2.35. The van der Waals surface area contributed by atoms with Crippen LogP contribution in [0.5, 0.6) is 0 Å². The molecule has 0 saturated heterocycles. The van der Waals surface area contributed by atoms with E-state index in [4.69, 9.17) is 9.47 Å². The van der Waals surface area contributed by atoms with Crippen LogP contribution >= 0.6 is 15.9 Å². The van der Waals surface area contributed by atoms with Crippen molar-refractivity contribution in [2.45, 2.75) is 26.7 Å². The highest BCUT2D eigenvalue weighted by Crippen LogP contribution is 2.21. The van der Waals surface area contributed by atoms with Crippen molar-refractivity contribution >= 4 is 26.8 Å². The van der Waals surface area contributed by atoms with E-state index in [2.05, 4.69) is 51.0 Å². The van der Waals surface area contributed by atoms with Crippen LogP contribution in [0.4, 0.5) is 0 Å². The van der Waals surface area contributed by atoms with Crippen LogP contribution in [0, 0.1) is 0 Å². The van der Waals surface area contributed by atoms with Gasteiger partial charge in [-0.15, -0.1) is 0 Å². The summed E-state index contributed by atoms with van der Waals surface area (Å²) in [6.07, 6.45) is 1.89. The van der Waals surface area contributed by atoms with Crippen molar-refractivity contribution in [1.82, 2.24) is 4.57 Å². The molecular formula is C14H18BrNO2. The minimum atomic E-state index is -0.186. The van der Waals surface area contributed by atoms with E-state index in [1.165, 1.54) is 10.9 Å². The number of ether oxygens (including phenoxy) is 2. The highest BCUT2D eigenvalue weighted by atomic mass is 79.9. The maximum absolute atomic E-state index is 5.58. The fraction of sp³-hybridized carbons (Fsp3) is 0.429. The lowest BCUT2D eigenvalue weighted by Crippen LogP contribution is -2.23. The minimum absolute atomic E-state index is 0.186. The molecule has 18 heavy (non-hydrogen) atoms. The van der Waals surface area contributed by atoms with Gasteiger partial charge in [0.1, 0.15) is 0 Å². The summed E-state index contributed by atoms with van der Waals surface area (Å²) in [7, 11) is 0. The molecule has 0 N–H and O–H groups in total. The second kappa shape index (κ2) is 6.36. The van der Waals surface area contributed by atoms with Gasteiger partial charge in [-0.2, -0.15) is 0 Å². The standard InChI is InChI=1S/C14H18BrNO2/c1-3-17-14(18-4-2)10-16-8-7-11-5-6-12(15)9-13(11)16/h5-9,14H,3-4,10H2,1-2H3. The zero-order valence-corrected chi connectivity index (χ0v) is 12.3. The van der Waals surface area contributed by atoms with E-state index in [1.807, 2.05) is 13.8 Å². The van der Waals surface area contributed by atoms with Crippen molar-refractivity contribution in [1.29, 1.82) is 0 Å². The molecule has 1 heterocycles. The summed E-state index contributed by atoms with van der Waals surface area (Å²) in [4.78, 5) is 0. The van der Waals surface area contributed by atoms with E-state index in [-0.39, 0.29) is 6.29 Å². The van der Waals surface area contributed by atoms with Gasteiger partial charge in [0.25, 0.3) is 0 Å². The maximum Gasteiger partial charge on any atom is 0.175 e. The molecule has 0 radical (unpaired) electrons. The van der Waals surface area contributed by atoms with Crippen molar-refractivity contribution in [3.63, 3.8) is 0 Å². The number of aromatic nitrogens is 1. The highest BCUT2D eigenvalue weighted by molar-refractivity contribution is 9.10. The van der Waals surface area contributed by atoms with Gasteiger partial charge < -0.3 is 14.0 Å². The normalized spacial score (nSPS) is 11.6. The smallest absolute Gasteiger partial charge is 0.175 e. The number of fused-ring (bicyclic) bond motifs is 1. The van der Waals surface area contributed by atoms with Crippen LogP contribution in [-0.4, -0.2) is 24.1 Å². The van der Waals surface area contributed by atoms with Gasteiger partial charge in [0.2, 0.25) is 0 Å². The summed E-state index contributed by atoms with van der Waals surface area (Å²) < 4.78 is 14.4. The molecule has 0 spiro atoms. The third-order valence-electron chi connectivity index (χ3n) is 2.79. The Labute approximate surface area is 116 Å². The Morgan fingerprint density at radius 2 is 1.89 bits per heavy atom. The number of hydrogen-bond donors (Lipinski definition) is 0. The van der Waals surface area contributed by atoms with Crippen molar-refractivity contribution in [3.8, 4) is 0 Å². The predicted molar refractivity (Wildman–Crippen MR) is 76.7 cm³/mol. The average Bonchev–Trinajstić information content (AvgIpc) is 2.73. The zero-order chi connectivity index (χ0) is 13.0. The Morgan fingerprint density at radius 1 is 1.17 bits per heavy atom. The largest absolute Gasteiger partial charge is 0.351 e. The summed E-state index contributed by atoms with van der Waals surface area (Å²) in [6, 6.07) is 8.38. The molecule has 0 saturated carbocycles. The van der Waals surface area contributed by atoms with Gasteiger partial charge in [0, 0.05) is 29.4 Å².